The number of hydrogen-bond acceptors (Lipinski definition) is 3. The molecule has 0 aliphatic carbocycles. The van der Waals surface area contributed by atoms with E-state index < -0.39 is 0 Å². The van der Waals surface area contributed by atoms with Crippen molar-refractivity contribution in [1.29, 1.82) is 0 Å². The zero-order chi connectivity index (χ0) is 11.4. The number of nitrogens with zero attached hydrogens (tertiary/aromatic N) is 1. The molecule has 0 spiro atoms. The molecule has 1 saturated heterocycles. The van der Waals surface area contributed by atoms with Gasteiger partial charge in [0, 0.05) is 18.5 Å². The molecule has 3 heteroatoms. The number of benzene rings is 1. The third kappa shape index (κ3) is 2.61. The van der Waals surface area contributed by atoms with Crippen molar-refractivity contribution >= 4 is 5.78 Å². The number of carbonyl (C=O) groups excluding carboxylic acids is 1. The quantitative estimate of drug-likeness (QED) is 0.709. The zero-order valence-electron chi connectivity index (χ0n) is 9.61. The molecular formula is C13H17NO2. The van der Waals surface area contributed by atoms with Crippen LogP contribution in [-0.2, 0) is 0 Å². The van der Waals surface area contributed by atoms with Crippen molar-refractivity contribution in [3.63, 3.8) is 0 Å². The summed E-state index contributed by atoms with van der Waals surface area (Å²) in [5, 5.41) is 0. The van der Waals surface area contributed by atoms with Crippen LogP contribution < -0.4 is 4.74 Å². The normalized spacial score (nSPS) is 15.6. The van der Waals surface area contributed by atoms with Gasteiger partial charge in [-0.15, -0.1) is 0 Å². The van der Waals surface area contributed by atoms with E-state index in [1.807, 2.05) is 24.3 Å². The highest BCUT2D eigenvalue weighted by molar-refractivity contribution is 5.96. The Kier molecular flexibility index (Phi) is 3.57. The van der Waals surface area contributed by atoms with Crippen LogP contribution in [0.1, 0.15) is 23.2 Å². The lowest BCUT2D eigenvalue weighted by Crippen LogP contribution is -2.38. The molecule has 86 valence electrons. The Hall–Kier alpha value is -1.35. The van der Waals surface area contributed by atoms with Crippen molar-refractivity contribution in [3.05, 3.63) is 29.8 Å². The summed E-state index contributed by atoms with van der Waals surface area (Å²) in [6, 6.07) is 7.32. The van der Waals surface area contributed by atoms with Gasteiger partial charge in [-0.1, -0.05) is 0 Å². The first kappa shape index (κ1) is 11.1. The van der Waals surface area contributed by atoms with Gasteiger partial charge in [-0.25, -0.2) is 0 Å². The first-order chi connectivity index (χ1) is 7.79. The van der Waals surface area contributed by atoms with Crippen LogP contribution in [0.25, 0.3) is 0 Å². The highest BCUT2D eigenvalue weighted by Gasteiger charge is 2.15. The van der Waals surface area contributed by atoms with E-state index in [0.717, 1.165) is 30.9 Å². The summed E-state index contributed by atoms with van der Waals surface area (Å²) < 4.78 is 5.05. The van der Waals surface area contributed by atoms with Crippen molar-refractivity contribution in [1.82, 2.24) is 4.90 Å². The van der Waals surface area contributed by atoms with Gasteiger partial charge in [0.2, 0.25) is 0 Å². The van der Waals surface area contributed by atoms with E-state index in [4.69, 9.17) is 4.74 Å². The van der Waals surface area contributed by atoms with Crippen molar-refractivity contribution in [2.45, 2.75) is 12.8 Å². The van der Waals surface area contributed by atoms with E-state index in [1.54, 1.807) is 7.11 Å². The summed E-state index contributed by atoms with van der Waals surface area (Å²) in [5.41, 5.74) is 0.779. The smallest absolute Gasteiger partial charge is 0.164 e. The Morgan fingerprint density at radius 1 is 1.31 bits per heavy atom. The number of methoxy groups -OCH3 is 1. The lowest BCUT2D eigenvalue weighted by molar-refractivity contribution is 0.0942. The largest absolute Gasteiger partial charge is 0.497 e. The summed E-state index contributed by atoms with van der Waals surface area (Å²) in [6.45, 7) is 3.19. The zero-order valence-corrected chi connectivity index (χ0v) is 9.61. The molecule has 3 nitrogen and oxygen atoms in total. The van der Waals surface area contributed by atoms with Gasteiger partial charge in [0.15, 0.2) is 5.78 Å². The third-order valence-electron chi connectivity index (χ3n) is 3.02. The second kappa shape index (κ2) is 5.12. The lowest BCUT2D eigenvalue weighted by Gasteiger charge is -2.30. The molecule has 1 fully saturated rings. The van der Waals surface area contributed by atoms with Crippen LogP contribution in [-0.4, -0.2) is 37.4 Å². The molecule has 0 unspecified atom stereocenters. The van der Waals surface area contributed by atoms with E-state index in [-0.39, 0.29) is 5.78 Å². The lowest BCUT2D eigenvalue weighted by atomic mass is 10.1. The Labute approximate surface area is 96.0 Å². The summed E-state index contributed by atoms with van der Waals surface area (Å²) in [5.74, 6) is 1.01. The van der Waals surface area contributed by atoms with Gasteiger partial charge in [-0.2, -0.15) is 0 Å². The highest BCUT2D eigenvalue weighted by atomic mass is 16.5. The minimum Gasteiger partial charge on any atom is -0.497 e. The fourth-order valence-electron chi connectivity index (χ4n) is 1.79. The molecule has 0 bridgehead atoms. The maximum absolute atomic E-state index is 11.8. The predicted octanol–water partition coefficient (Wildman–Crippen LogP) is 1.97. The van der Waals surface area contributed by atoms with Crippen molar-refractivity contribution < 1.29 is 9.53 Å². The maximum atomic E-state index is 11.8. The topological polar surface area (TPSA) is 29.5 Å². The van der Waals surface area contributed by atoms with Crippen LogP contribution in [0.4, 0.5) is 0 Å². The molecule has 0 radical (unpaired) electrons. The Balaban J connectivity index is 1.86. The molecule has 16 heavy (non-hydrogen) atoms. The molecule has 1 heterocycles. The molecule has 0 aromatic heterocycles. The van der Waals surface area contributed by atoms with Crippen molar-refractivity contribution in [3.8, 4) is 5.75 Å². The van der Waals surface area contributed by atoms with Gasteiger partial charge < -0.3 is 9.64 Å². The minimum atomic E-state index is 0.217. The Bertz CT molecular complexity index is 355. The number of ketones is 1. The Morgan fingerprint density at radius 2 is 2.00 bits per heavy atom. The molecule has 1 aromatic rings. The highest BCUT2D eigenvalue weighted by Crippen LogP contribution is 2.13. The molecule has 0 N–H and O–H groups in total. The van der Waals surface area contributed by atoms with Gasteiger partial charge in [0.05, 0.1) is 7.11 Å². The van der Waals surface area contributed by atoms with Crippen molar-refractivity contribution in [2.24, 2.45) is 0 Å². The molecule has 1 aliphatic rings. The molecule has 2 rings (SSSR count). The summed E-state index contributed by atoms with van der Waals surface area (Å²) in [6.07, 6.45) is 1.89. The van der Waals surface area contributed by atoms with Crippen LogP contribution in [0.3, 0.4) is 0 Å². The molecule has 1 aliphatic heterocycles. The number of Topliss-reactive ketones (excluding diaryl/α,β-unsaturated/α-hetero) is 1. The van der Waals surface area contributed by atoms with Crippen LogP contribution in [0.2, 0.25) is 0 Å². The van der Waals surface area contributed by atoms with E-state index in [2.05, 4.69) is 4.90 Å². The number of carbonyl (C=O) groups is 1. The average Bonchev–Trinajstić information content (AvgIpc) is 2.27. The minimum absolute atomic E-state index is 0.217. The van der Waals surface area contributed by atoms with Crippen LogP contribution >= 0.6 is 0 Å². The van der Waals surface area contributed by atoms with Gasteiger partial charge >= 0.3 is 0 Å². The van der Waals surface area contributed by atoms with Gasteiger partial charge in [0.25, 0.3) is 0 Å². The standard InChI is InChI=1S/C13H17NO2/c1-16-12-5-3-11(4-6-12)13(15)7-10-14-8-2-9-14/h3-6H,2,7-10H2,1H3. The number of hydrogen-bond donors (Lipinski definition) is 0. The first-order valence-electron chi connectivity index (χ1n) is 5.69. The van der Waals surface area contributed by atoms with Crippen molar-refractivity contribution in [2.75, 3.05) is 26.7 Å². The van der Waals surface area contributed by atoms with E-state index >= 15 is 0 Å². The monoisotopic (exact) mass is 219 g/mol. The first-order valence-corrected chi connectivity index (χ1v) is 5.69. The molecule has 0 saturated carbocycles. The van der Waals surface area contributed by atoms with Gasteiger partial charge in [0.1, 0.15) is 5.75 Å². The Morgan fingerprint density at radius 3 is 2.50 bits per heavy atom. The molecular weight excluding hydrogens is 202 g/mol. The molecule has 1 aromatic carbocycles. The number of ether oxygens (including phenoxy) is 1. The van der Waals surface area contributed by atoms with Gasteiger partial charge in [-0.05, 0) is 43.8 Å². The summed E-state index contributed by atoms with van der Waals surface area (Å²) in [7, 11) is 1.63. The van der Waals surface area contributed by atoms with Crippen LogP contribution in [0, 0.1) is 0 Å². The predicted molar refractivity (Wildman–Crippen MR) is 63.0 cm³/mol. The third-order valence-corrected chi connectivity index (χ3v) is 3.02. The average molecular weight is 219 g/mol. The van der Waals surface area contributed by atoms with Crippen LogP contribution in [0.5, 0.6) is 5.75 Å². The summed E-state index contributed by atoms with van der Waals surface area (Å²) >= 11 is 0. The second-order valence-corrected chi connectivity index (χ2v) is 4.10. The SMILES string of the molecule is COc1ccc(C(=O)CCN2CCC2)cc1. The van der Waals surface area contributed by atoms with E-state index in [0.29, 0.717) is 6.42 Å². The van der Waals surface area contributed by atoms with Gasteiger partial charge in [-0.3, -0.25) is 4.79 Å². The fraction of sp³-hybridized carbons (Fsp3) is 0.462. The second-order valence-electron chi connectivity index (χ2n) is 4.10. The summed E-state index contributed by atoms with van der Waals surface area (Å²) in [4.78, 5) is 14.1. The molecule has 0 amide bonds. The fourth-order valence-corrected chi connectivity index (χ4v) is 1.79. The number of likely N-dealkylation sites (tertiary alicyclic amines) is 1. The van der Waals surface area contributed by atoms with Crippen LogP contribution in [0.15, 0.2) is 24.3 Å². The van der Waals surface area contributed by atoms with E-state index in [9.17, 15) is 4.79 Å². The van der Waals surface area contributed by atoms with E-state index in [1.165, 1.54) is 6.42 Å². The molecule has 0 atom stereocenters. The number of rotatable bonds is 5. The maximum Gasteiger partial charge on any atom is 0.164 e.